The Bertz CT molecular complexity index is 205. The van der Waals surface area contributed by atoms with E-state index in [1.165, 1.54) is 30.4 Å². The predicted octanol–water partition coefficient (Wildman–Crippen LogP) is -0.421. The summed E-state index contributed by atoms with van der Waals surface area (Å²) in [5.41, 5.74) is 2.97. The van der Waals surface area contributed by atoms with Crippen molar-refractivity contribution >= 4 is 0 Å². The second-order valence-electron chi connectivity index (χ2n) is 2.80. The molecule has 0 spiro atoms. The molecule has 0 radical (unpaired) electrons. The van der Waals surface area contributed by atoms with Crippen molar-refractivity contribution in [1.82, 2.24) is 0 Å². The minimum Gasteiger partial charge on any atom is -0.189 e. The fourth-order valence-electron chi connectivity index (χ4n) is 1.51. The van der Waals surface area contributed by atoms with Crippen LogP contribution in [0, 0.1) is 6.42 Å². The van der Waals surface area contributed by atoms with Crippen LogP contribution in [0.1, 0.15) is 24.0 Å². The Balaban J connectivity index is 0.000000605. The van der Waals surface area contributed by atoms with Crippen LogP contribution < -0.4 is 51.4 Å². The van der Waals surface area contributed by atoms with Crippen molar-refractivity contribution in [3.63, 3.8) is 0 Å². The van der Waals surface area contributed by atoms with Crippen LogP contribution in [0.5, 0.6) is 0 Å². The van der Waals surface area contributed by atoms with E-state index in [0.29, 0.717) is 0 Å². The van der Waals surface area contributed by atoms with Gasteiger partial charge in [0.1, 0.15) is 0 Å². The van der Waals surface area contributed by atoms with Crippen molar-refractivity contribution < 1.29 is 51.4 Å². The van der Waals surface area contributed by atoms with E-state index in [-0.39, 0.29) is 51.4 Å². The van der Waals surface area contributed by atoms with Crippen LogP contribution in [0.3, 0.4) is 0 Å². The largest absolute Gasteiger partial charge is 1.00 e. The molecule has 0 bridgehead atoms. The van der Waals surface area contributed by atoms with Crippen molar-refractivity contribution in [2.24, 2.45) is 0 Å². The van der Waals surface area contributed by atoms with Gasteiger partial charge >= 0.3 is 51.4 Å². The van der Waals surface area contributed by atoms with Crippen molar-refractivity contribution in [2.75, 3.05) is 0 Å². The van der Waals surface area contributed by atoms with Gasteiger partial charge in [-0.15, -0.1) is 17.7 Å². The summed E-state index contributed by atoms with van der Waals surface area (Å²) >= 11 is 0. The van der Waals surface area contributed by atoms with Crippen LogP contribution in [-0.4, -0.2) is 0 Å². The zero-order chi connectivity index (χ0) is 6.81. The van der Waals surface area contributed by atoms with Gasteiger partial charge in [0.2, 0.25) is 0 Å². The summed E-state index contributed by atoms with van der Waals surface area (Å²) in [5.74, 6) is 0. The van der Waals surface area contributed by atoms with Gasteiger partial charge in [-0.2, -0.15) is 18.1 Å². The Morgan fingerprint density at radius 3 is 2.82 bits per heavy atom. The normalized spacial score (nSPS) is 14.2. The van der Waals surface area contributed by atoms with Crippen molar-refractivity contribution in [3.8, 4) is 0 Å². The first kappa shape index (κ1) is 9.81. The SMILES string of the molecule is [K+].c1ccc2c(c1)[CH-]CCC2. The molecule has 52 valence electrons. The average molecular weight is 170 g/mol. The molecular weight excluding hydrogens is 159 g/mol. The van der Waals surface area contributed by atoms with Crippen molar-refractivity contribution in [2.45, 2.75) is 19.3 Å². The summed E-state index contributed by atoms with van der Waals surface area (Å²) in [5, 5.41) is 0. The summed E-state index contributed by atoms with van der Waals surface area (Å²) in [6.07, 6.45) is 6.19. The van der Waals surface area contributed by atoms with E-state index in [1.807, 2.05) is 0 Å². The summed E-state index contributed by atoms with van der Waals surface area (Å²) in [6, 6.07) is 8.66. The standard InChI is InChI=1S/C10H11.K/c1-2-6-10-8-4-3-7-9(10)5-1;/h1-2,5-7H,3-4,8H2;/q-1;+1. The molecule has 0 unspecified atom stereocenters. The molecule has 1 heteroatoms. The summed E-state index contributed by atoms with van der Waals surface area (Å²) in [4.78, 5) is 0. The minimum atomic E-state index is 0. The second kappa shape index (κ2) is 4.68. The van der Waals surface area contributed by atoms with Gasteiger partial charge in [0.25, 0.3) is 0 Å². The zero-order valence-electron chi connectivity index (χ0n) is 7.01. The third-order valence-corrected chi connectivity index (χ3v) is 2.07. The molecule has 0 saturated carbocycles. The monoisotopic (exact) mass is 170 g/mol. The van der Waals surface area contributed by atoms with Crippen LogP contribution in [0.2, 0.25) is 0 Å². The zero-order valence-corrected chi connectivity index (χ0v) is 10.1. The first-order valence-electron chi connectivity index (χ1n) is 3.88. The number of rotatable bonds is 0. The predicted molar refractivity (Wildman–Crippen MR) is 42.8 cm³/mol. The molecule has 1 aliphatic carbocycles. The summed E-state index contributed by atoms with van der Waals surface area (Å²) < 4.78 is 0. The number of fused-ring (bicyclic) bond motifs is 1. The number of hydrogen-bond donors (Lipinski definition) is 0. The molecule has 2 rings (SSSR count). The maximum absolute atomic E-state index is 2.33. The van der Waals surface area contributed by atoms with Crippen LogP contribution in [0.15, 0.2) is 24.3 Å². The second-order valence-corrected chi connectivity index (χ2v) is 2.80. The maximum atomic E-state index is 2.33. The molecule has 1 aliphatic rings. The fraction of sp³-hybridized carbons (Fsp3) is 0.300. The molecule has 0 amide bonds. The van der Waals surface area contributed by atoms with Crippen LogP contribution in [0.4, 0.5) is 0 Å². The fourth-order valence-corrected chi connectivity index (χ4v) is 1.51. The molecule has 1 aromatic rings. The van der Waals surface area contributed by atoms with E-state index in [1.54, 1.807) is 0 Å². The van der Waals surface area contributed by atoms with Gasteiger partial charge in [0, 0.05) is 0 Å². The van der Waals surface area contributed by atoms with Gasteiger partial charge in [-0.05, 0) is 0 Å². The van der Waals surface area contributed by atoms with E-state index < -0.39 is 0 Å². The van der Waals surface area contributed by atoms with Crippen LogP contribution in [-0.2, 0) is 6.42 Å². The Hall–Kier alpha value is 0.726. The molecule has 11 heavy (non-hydrogen) atoms. The number of aryl methyl sites for hydroxylation is 1. The Labute approximate surface area is 111 Å². The molecule has 0 N–H and O–H groups in total. The molecule has 0 aromatic heterocycles. The van der Waals surface area contributed by atoms with Gasteiger partial charge < -0.3 is 0 Å². The number of hydrogen-bond acceptors (Lipinski definition) is 0. The maximum Gasteiger partial charge on any atom is 1.00 e. The van der Waals surface area contributed by atoms with E-state index in [2.05, 4.69) is 30.7 Å². The summed E-state index contributed by atoms with van der Waals surface area (Å²) in [7, 11) is 0. The molecular formula is C10H11K. The average Bonchev–Trinajstić information content (AvgIpc) is 2.05. The molecule has 0 atom stereocenters. The van der Waals surface area contributed by atoms with E-state index in [9.17, 15) is 0 Å². The topological polar surface area (TPSA) is 0 Å². The molecule has 1 aromatic carbocycles. The van der Waals surface area contributed by atoms with Gasteiger partial charge in [0.05, 0.1) is 0 Å². The van der Waals surface area contributed by atoms with Gasteiger partial charge in [-0.3, -0.25) is 0 Å². The van der Waals surface area contributed by atoms with Crippen LogP contribution in [0.25, 0.3) is 0 Å². The molecule has 0 nitrogen and oxygen atoms in total. The van der Waals surface area contributed by atoms with E-state index in [4.69, 9.17) is 0 Å². The Kier molecular flexibility index (Phi) is 4.17. The first-order chi connectivity index (χ1) is 4.97. The third-order valence-electron chi connectivity index (χ3n) is 2.07. The molecule has 0 fully saturated rings. The Morgan fingerprint density at radius 2 is 2.00 bits per heavy atom. The van der Waals surface area contributed by atoms with Gasteiger partial charge in [0.15, 0.2) is 0 Å². The first-order valence-corrected chi connectivity index (χ1v) is 3.88. The quantitative estimate of drug-likeness (QED) is 0.366. The van der Waals surface area contributed by atoms with Crippen molar-refractivity contribution in [1.29, 1.82) is 0 Å². The molecule has 0 heterocycles. The summed E-state index contributed by atoms with van der Waals surface area (Å²) in [6.45, 7) is 0. The molecule has 0 saturated heterocycles. The van der Waals surface area contributed by atoms with E-state index >= 15 is 0 Å². The Morgan fingerprint density at radius 1 is 1.18 bits per heavy atom. The minimum absolute atomic E-state index is 0. The number of benzene rings is 1. The van der Waals surface area contributed by atoms with Gasteiger partial charge in [-0.1, -0.05) is 25.3 Å². The van der Waals surface area contributed by atoms with Crippen LogP contribution >= 0.6 is 0 Å². The van der Waals surface area contributed by atoms with Gasteiger partial charge in [-0.25, -0.2) is 0 Å². The van der Waals surface area contributed by atoms with E-state index in [0.717, 1.165) is 0 Å². The smallest absolute Gasteiger partial charge is 0.189 e. The third kappa shape index (κ3) is 2.33. The molecule has 0 aliphatic heterocycles. The van der Waals surface area contributed by atoms with Crippen molar-refractivity contribution in [3.05, 3.63) is 41.8 Å².